The summed E-state index contributed by atoms with van der Waals surface area (Å²) in [6.07, 6.45) is 1.61. The van der Waals surface area contributed by atoms with Crippen LogP contribution in [-0.4, -0.2) is 53.4 Å². The summed E-state index contributed by atoms with van der Waals surface area (Å²) in [5, 5.41) is 0. The molecule has 5 nitrogen and oxygen atoms in total. The van der Waals surface area contributed by atoms with Crippen LogP contribution in [0.5, 0.6) is 0 Å². The van der Waals surface area contributed by atoms with Crippen LogP contribution < -0.4 is 5.73 Å². The highest BCUT2D eigenvalue weighted by Gasteiger charge is 2.20. The van der Waals surface area contributed by atoms with E-state index in [9.17, 15) is 4.79 Å². The second-order valence-corrected chi connectivity index (χ2v) is 5.61. The molecule has 118 valence electrons. The first-order valence-electron chi connectivity index (χ1n) is 7.71. The SMILES string of the molecule is CCN(CC)CCN(CC(C)C)C(=O)c1ncccc1N. The number of carbonyl (C=O) groups is 1. The Balaban J connectivity index is 2.82. The van der Waals surface area contributed by atoms with Crippen LogP contribution in [0.2, 0.25) is 0 Å². The number of amides is 1. The van der Waals surface area contributed by atoms with Crippen molar-refractivity contribution in [3.8, 4) is 0 Å². The highest BCUT2D eigenvalue weighted by atomic mass is 16.2. The van der Waals surface area contributed by atoms with Crippen LogP contribution in [0.1, 0.15) is 38.2 Å². The molecule has 1 heterocycles. The Morgan fingerprint density at radius 1 is 1.29 bits per heavy atom. The molecule has 0 atom stereocenters. The first-order chi connectivity index (χ1) is 9.99. The van der Waals surface area contributed by atoms with Crippen LogP contribution in [0.3, 0.4) is 0 Å². The molecule has 0 bridgehead atoms. The number of aromatic nitrogens is 1. The quantitative estimate of drug-likeness (QED) is 0.797. The summed E-state index contributed by atoms with van der Waals surface area (Å²) in [5.74, 6) is 0.338. The van der Waals surface area contributed by atoms with Crippen LogP contribution in [0.15, 0.2) is 18.3 Å². The summed E-state index contributed by atoms with van der Waals surface area (Å²) in [5.41, 5.74) is 6.68. The van der Waals surface area contributed by atoms with E-state index in [1.807, 2.05) is 4.90 Å². The molecule has 0 aliphatic rings. The van der Waals surface area contributed by atoms with Crippen LogP contribution in [0, 0.1) is 5.92 Å². The van der Waals surface area contributed by atoms with E-state index in [2.05, 4.69) is 37.6 Å². The molecule has 2 N–H and O–H groups in total. The lowest BCUT2D eigenvalue weighted by Gasteiger charge is -2.28. The highest BCUT2D eigenvalue weighted by Crippen LogP contribution is 2.12. The summed E-state index contributed by atoms with van der Waals surface area (Å²) in [6.45, 7) is 12.8. The van der Waals surface area contributed by atoms with Crippen LogP contribution in [0.25, 0.3) is 0 Å². The lowest BCUT2D eigenvalue weighted by molar-refractivity contribution is 0.0711. The fraction of sp³-hybridized carbons (Fsp3) is 0.625. The van der Waals surface area contributed by atoms with Gasteiger partial charge in [-0.2, -0.15) is 0 Å². The van der Waals surface area contributed by atoms with Gasteiger partial charge >= 0.3 is 0 Å². The lowest BCUT2D eigenvalue weighted by Crippen LogP contribution is -2.41. The molecule has 5 heteroatoms. The topological polar surface area (TPSA) is 62.5 Å². The van der Waals surface area contributed by atoms with Crippen molar-refractivity contribution in [2.75, 3.05) is 38.5 Å². The van der Waals surface area contributed by atoms with Crippen molar-refractivity contribution in [1.82, 2.24) is 14.8 Å². The molecule has 1 amide bonds. The fourth-order valence-corrected chi connectivity index (χ4v) is 2.26. The largest absolute Gasteiger partial charge is 0.397 e. The van der Waals surface area contributed by atoms with E-state index in [1.54, 1.807) is 18.3 Å². The Kier molecular flexibility index (Phi) is 7.15. The molecule has 0 fully saturated rings. The summed E-state index contributed by atoms with van der Waals surface area (Å²) in [4.78, 5) is 21.0. The number of pyridine rings is 1. The van der Waals surface area contributed by atoms with E-state index in [1.165, 1.54) is 0 Å². The summed E-state index contributed by atoms with van der Waals surface area (Å²) in [6, 6.07) is 3.47. The molecule has 21 heavy (non-hydrogen) atoms. The van der Waals surface area contributed by atoms with Gasteiger partial charge in [-0.25, -0.2) is 4.98 Å². The fourth-order valence-electron chi connectivity index (χ4n) is 2.26. The van der Waals surface area contributed by atoms with E-state index >= 15 is 0 Å². The summed E-state index contributed by atoms with van der Waals surface area (Å²) < 4.78 is 0. The van der Waals surface area contributed by atoms with Gasteiger partial charge in [-0.05, 0) is 31.1 Å². The molecular weight excluding hydrogens is 264 g/mol. The maximum Gasteiger partial charge on any atom is 0.274 e. The van der Waals surface area contributed by atoms with Gasteiger partial charge in [0.05, 0.1) is 5.69 Å². The van der Waals surface area contributed by atoms with Crippen molar-refractivity contribution < 1.29 is 4.79 Å². The lowest BCUT2D eigenvalue weighted by atomic mass is 10.2. The predicted octanol–water partition coefficient (Wildman–Crippen LogP) is 2.10. The van der Waals surface area contributed by atoms with Gasteiger partial charge in [0.1, 0.15) is 0 Å². The van der Waals surface area contributed by atoms with Crippen molar-refractivity contribution in [2.24, 2.45) is 5.92 Å². The third-order valence-corrected chi connectivity index (χ3v) is 3.49. The first kappa shape index (κ1) is 17.4. The molecule has 1 rings (SSSR count). The van der Waals surface area contributed by atoms with Crippen LogP contribution in [-0.2, 0) is 0 Å². The van der Waals surface area contributed by atoms with E-state index in [0.717, 1.165) is 26.2 Å². The van der Waals surface area contributed by atoms with Crippen molar-refractivity contribution in [3.05, 3.63) is 24.0 Å². The smallest absolute Gasteiger partial charge is 0.274 e. The Bertz CT molecular complexity index is 444. The van der Waals surface area contributed by atoms with Gasteiger partial charge in [0, 0.05) is 25.8 Å². The first-order valence-corrected chi connectivity index (χ1v) is 7.71. The van der Waals surface area contributed by atoms with Crippen LogP contribution in [0.4, 0.5) is 5.69 Å². The van der Waals surface area contributed by atoms with Crippen molar-refractivity contribution in [2.45, 2.75) is 27.7 Å². The molecule has 0 radical (unpaired) electrons. The zero-order valence-electron chi connectivity index (χ0n) is 13.7. The molecule has 0 aliphatic carbocycles. The molecule has 0 unspecified atom stereocenters. The highest BCUT2D eigenvalue weighted by molar-refractivity contribution is 5.97. The summed E-state index contributed by atoms with van der Waals surface area (Å²) in [7, 11) is 0. The number of anilines is 1. The van der Waals surface area contributed by atoms with Gasteiger partial charge in [0.15, 0.2) is 5.69 Å². The third-order valence-electron chi connectivity index (χ3n) is 3.49. The number of nitrogens with zero attached hydrogens (tertiary/aromatic N) is 3. The summed E-state index contributed by atoms with van der Waals surface area (Å²) >= 11 is 0. The van der Waals surface area contributed by atoms with Gasteiger partial charge < -0.3 is 15.5 Å². The van der Waals surface area contributed by atoms with Gasteiger partial charge in [-0.3, -0.25) is 4.79 Å². The van der Waals surface area contributed by atoms with E-state index in [4.69, 9.17) is 5.73 Å². The standard InChI is InChI=1S/C16H28N4O/c1-5-19(6-2)10-11-20(12-13(3)4)16(21)15-14(17)8-7-9-18-15/h7-9,13H,5-6,10-12,17H2,1-4H3. The normalized spacial score (nSPS) is 11.1. The molecule has 1 aromatic heterocycles. The molecule has 0 aliphatic heterocycles. The number of nitrogens with two attached hydrogens (primary N) is 1. The molecule has 0 spiro atoms. The maximum atomic E-state index is 12.7. The monoisotopic (exact) mass is 292 g/mol. The number of rotatable bonds is 8. The van der Waals surface area contributed by atoms with Crippen molar-refractivity contribution in [1.29, 1.82) is 0 Å². The third kappa shape index (κ3) is 5.34. The van der Waals surface area contributed by atoms with E-state index in [0.29, 0.717) is 23.8 Å². The molecule has 1 aromatic rings. The van der Waals surface area contributed by atoms with E-state index in [-0.39, 0.29) is 5.91 Å². The number of likely N-dealkylation sites (N-methyl/N-ethyl adjacent to an activating group) is 1. The predicted molar refractivity (Wildman–Crippen MR) is 87.2 cm³/mol. The number of carbonyl (C=O) groups excluding carboxylic acids is 1. The molecule has 0 saturated heterocycles. The average molecular weight is 292 g/mol. The molecule has 0 aromatic carbocycles. The number of hydrogen-bond acceptors (Lipinski definition) is 4. The Morgan fingerprint density at radius 2 is 1.95 bits per heavy atom. The van der Waals surface area contributed by atoms with Gasteiger partial charge in [-0.1, -0.05) is 27.7 Å². The minimum atomic E-state index is -0.0750. The van der Waals surface area contributed by atoms with Gasteiger partial charge in [-0.15, -0.1) is 0 Å². The van der Waals surface area contributed by atoms with Crippen molar-refractivity contribution in [3.63, 3.8) is 0 Å². The molecular formula is C16H28N4O. The van der Waals surface area contributed by atoms with Crippen molar-refractivity contribution >= 4 is 11.6 Å². The minimum Gasteiger partial charge on any atom is -0.397 e. The second-order valence-electron chi connectivity index (χ2n) is 5.61. The van der Waals surface area contributed by atoms with Gasteiger partial charge in [0.25, 0.3) is 5.91 Å². The minimum absolute atomic E-state index is 0.0750. The number of hydrogen-bond donors (Lipinski definition) is 1. The zero-order chi connectivity index (χ0) is 15.8. The second kappa shape index (κ2) is 8.62. The number of nitrogen functional groups attached to an aromatic ring is 1. The average Bonchev–Trinajstić information content (AvgIpc) is 2.46. The Hall–Kier alpha value is -1.62. The van der Waals surface area contributed by atoms with E-state index < -0.39 is 0 Å². The Labute approximate surface area is 128 Å². The van der Waals surface area contributed by atoms with Crippen LogP contribution >= 0.6 is 0 Å². The maximum absolute atomic E-state index is 12.7. The van der Waals surface area contributed by atoms with Gasteiger partial charge in [0.2, 0.25) is 0 Å². The molecule has 0 saturated carbocycles. The zero-order valence-corrected chi connectivity index (χ0v) is 13.7. The Morgan fingerprint density at radius 3 is 2.48 bits per heavy atom.